The van der Waals surface area contributed by atoms with Crippen molar-refractivity contribution in [1.82, 2.24) is 19.7 Å². The number of hydrogen-bond donors (Lipinski definition) is 2. The van der Waals surface area contributed by atoms with Crippen LogP contribution >= 0.6 is 0 Å². The van der Waals surface area contributed by atoms with Gasteiger partial charge in [0.25, 0.3) is 11.4 Å². The molecule has 0 saturated carbocycles. The van der Waals surface area contributed by atoms with Crippen molar-refractivity contribution in [3.63, 3.8) is 0 Å². The van der Waals surface area contributed by atoms with Crippen LogP contribution in [0.2, 0.25) is 0 Å². The molecule has 2 N–H and O–H groups in total. The lowest BCUT2D eigenvalue weighted by atomic mass is 9.99. The monoisotopic (exact) mass is 420 g/mol. The number of carboxylic acid groups (broad SMARTS) is 1. The second-order valence-corrected chi connectivity index (χ2v) is 6.90. The first kappa shape index (κ1) is 20.3. The Morgan fingerprint density at radius 3 is 2.61 bits per heavy atom. The molecule has 9 nitrogen and oxygen atoms in total. The third-order valence-corrected chi connectivity index (χ3v) is 4.91. The van der Waals surface area contributed by atoms with E-state index < -0.39 is 5.97 Å². The third-order valence-electron chi connectivity index (χ3n) is 4.91. The lowest BCUT2D eigenvalue weighted by Gasteiger charge is -2.10. The van der Waals surface area contributed by atoms with E-state index in [9.17, 15) is 14.7 Å². The van der Waals surface area contributed by atoms with Crippen LogP contribution in [0.3, 0.4) is 0 Å². The Balaban J connectivity index is 1.68. The molecule has 0 saturated heterocycles. The molecule has 0 atom stereocenters. The van der Waals surface area contributed by atoms with Gasteiger partial charge in [0.05, 0.1) is 5.56 Å². The van der Waals surface area contributed by atoms with E-state index in [0.29, 0.717) is 29.0 Å². The van der Waals surface area contributed by atoms with Gasteiger partial charge in [-0.05, 0) is 29.7 Å². The van der Waals surface area contributed by atoms with E-state index in [2.05, 4.69) is 15.2 Å². The average molecular weight is 420 g/mol. The Morgan fingerprint density at radius 1 is 1.16 bits per heavy atom. The lowest BCUT2D eigenvalue weighted by Crippen LogP contribution is -2.15. The molecule has 4 aromatic rings. The van der Waals surface area contributed by atoms with Gasteiger partial charge in [-0.2, -0.15) is 0 Å². The average Bonchev–Trinajstić information content (AvgIpc) is 3.10. The fourth-order valence-electron chi connectivity index (χ4n) is 3.45. The van der Waals surface area contributed by atoms with E-state index in [1.54, 1.807) is 35.8 Å². The van der Waals surface area contributed by atoms with Gasteiger partial charge in [-0.25, -0.2) is 14.9 Å². The number of benzene rings is 2. The molecule has 0 spiro atoms. The number of rotatable bonds is 7. The highest BCUT2D eigenvalue weighted by molar-refractivity contribution is 5.96. The molecular formula is C22H20N4O5. The zero-order valence-electron chi connectivity index (χ0n) is 17.0. The van der Waals surface area contributed by atoms with Gasteiger partial charge in [0.15, 0.2) is 12.3 Å². The standard InChI is InChI=1S/C22H20N4O5/c1-13-23-18-19(20(27)24-25-21(18)31-12-30-2)26(13)11-14-7-9-15(10-8-14)16-5-3-4-6-17(16)22(28)29/h3-10H,11-12H2,1-2H3,(H,24,27)(H,28,29). The topological polar surface area (TPSA) is 119 Å². The normalized spacial score (nSPS) is 11.0. The highest BCUT2D eigenvalue weighted by Gasteiger charge is 2.17. The van der Waals surface area contributed by atoms with Crippen LogP contribution in [0.15, 0.2) is 53.3 Å². The number of aromatic nitrogens is 4. The fraction of sp³-hybridized carbons (Fsp3) is 0.182. The predicted molar refractivity (Wildman–Crippen MR) is 113 cm³/mol. The molecule has 0 aliphatic carbocycles. The Kier molecular flexibility index (Phi) is 5.50. The molecule has 31 heavy (non-hydrogen) atoms. The second kappa shape index (κ2) is 8.41. The third kappa shape index (κ3) is 3.90. The Bertz CT molecular complexity index is 1310. The maximum Gasteiger partial charge on any atom is 0.336 e. The zero-order chi connectivity index (χ0) is 22.0. The highest BCUT2D eigenvalue weighted by atomic mass is 16.7. The van der Waals surface area contributed by atoms with Crippen molar-refractivity contribution < 1.29 is 19.4 Å². The minimum absolute atomic E-state index is 0.0146. The summed E-state index contributed by atoms with van der Waals surface area (Å²) < 4.78 is 12.1. The number of aromatic amines is 1. The summed E-state index contributed by atoms with van der Waals surface area (Å²) in [7, 11) is 1.49. The molecule has 4 rings (SSSR count). The number of carboxylic acids is 1. The summed E-state index contributed by atoms with van der Waals surface area (Å²) in [6, 6.07) is 14.4. The van der Waals surface area contributed by atoms with Crippen LogP contribution < -0.4 is 10.3 Å². The van der Waals surface area contributed by atoms with E-state index in [0.717, 1.165) is 11.1 Å². The van der Waals surface area contributed by atoms with Crippen LogP contribution in [-0.2, 0) is 11.3 Å². The number of ether oxygens (including phenoxy) is 2. The highest BCUT2D eigenvalue weighted by Crippen LogP contribution is 2.25. The van der Waals surface area contributed by atoms with Crippen molar-refractivity contribution >= 4 is 17.0 Å². The largest absolute Gasteiger partial charge is 0.478 e. The first-order chi connectivity index (χ1) is 15.0. The molecule has 2 aromatic carbocycles. The molecule has 9 heteroatoms. The fourth-order valence-corrected chi connectivity index (χ4v) is 3.45. The minimum Gasteiger partial charge on any atom is -0.478 e. The number of carbonyl (C=O) groups is 1. The smallest absolute Gasteiger partial charge is 0.336 e. The van der Waals surface area contributed by atoms with Crippen LogP contribution in [0.25, 0.3) is 22.2 Å². The van der Waals surface area contributed by atoms with Crippen LogP contribution in [-0.4, -0.2) is 44.7 Å². The Morgan fingerprint density at radius 2 is 1.90 bits per heavy atom. The van der Waals surface area contributed by atoms with Gasteiger partial charge in [-0.1, -0.05) is 42.5 Å². The number of aromatic carboxylic acids is 1. The molecule has 2 heterocycles. The molecule has 2 aromatic heterocycles. The van der Waals surface area contributed by atoms with Crippen molar-refractivity contribution in [1.29, 1.82) is 0 Å². The number of aryl methyl sites for hydroxylation is 1. The van der Waals surface area contributed by atoms with Crippen LogP contribution in [0.1, 0.15) is 21.7 Å². The van der Waals surface area contributed by atoms with E-state index in [1.165, 1.54) is 7.11 Å². The van der Waals surface area contributed by atoms with Gasteiger partial charge in [0, 0.05) is 13.7 Å². The van der Waals surface area contributed by atoms with Crippen LogP contribution in [0.5, 0.6) is 5.88 Å². The number of methoxy groups -OCH3 is 1. The second-order valence-electron chi connectivity index (χ2n) is 6.90. The number of hydrogen-bond acceptors (Lipinski definition) is 6. The molecule has 0 amide bonds. The molecule has 158 valence electrons. The summed E-state index contributed by atoms with van der Waals surface area (Å²) in [5, 5.41) is 15.8. The number of imidazole rings is 1. The summed E-state index contributed by atoms with van der Waals surface area (Å²) in [5.41, 5.74) is 2.97. The summed E-state index contributed by atoms with van der Waals surface area (Å²) in [5.74, 6) is -0.144. The first-order valence-electron chi connectivity index (χ1n) is 9.48. The van der Waals surface area contributed by atoms with Crippen LogP contribution in [0, 0.1) is 6.92 Å². The van der Waals surface area contributed by atoms with Gasteiger partial charge in [0.1, 0.15) is 11.3 Å². The molecule has 0 aliphatic heterocycles. The van der Waals surface area contributed by atoms with Crippen LogP contribution in [0.4, 0.5) is 0 Å². The number of nitrogens with zero attached hydrogens (tertiary/aromatic N) is 3. The maximum absolute atomic E-state index is 12.4. The van der Waals surface area contributed by atoms with Gasteiger partial charge < -0.3 is 19.1 Å². The molecule has 0 radical (unpaired) electrons. The molecule has 0 fully saturated rings. The molecular weight excluding hydrogens is 400 g/mol. The number of fused-ring (bicyclic) bond motifs is 1. The summed E-state index contributed by atoms with van der Waals surface area (Å²) in [6.07, 6.45) is 0. The summed E-state index contributed by atoms with van der Waals surface area (Å²) in [4.78, 5) is 28.4. The van der Waals surface area contributed by atoms with Crippen molar-refractivity contribution in [2.75, 3.05) is 13.9 Å². The number of H-pyrrole nitrogens is 1. The molecule has 0 bridgehead atoms. The molecule has 0 unspecified atom stereocenters. The van der Waals surface area contributed by atoms with Gasteiger partial charge in [0.2, 0.25) is 0 Å². The first-order valence-corrected chi connectivity index (χ1v) is 9.48. The van der Waals surface area contributed by atoms with E-state index in [-0.39, 0.29) is 23.8 Å². The van der Waals surface area contributed by atoms with E-state index in [1.807, 2.05) is 24.3 Å². The van der Waals surface area contributed by atoms with Crippen molar-refractivity contribution in [2.45, 2.75) is 13.5 Å². The van der Waals surface area contributed by atoms with E-state index in [4.69, 9.17) is 9.47 Å². The lowest BCUT2D eigenvalue weighted by molar-refractivity contribution is 0.0482. The van der Waals surface area contributed by atoms with Crippen molar-refractivity contribution in [2.24, 2.45) is 0 Å². The quantitative estimate of drug-likeness (QED) is 0.441. The van der Waals surface area contributed by atoms with E-state index >= 15 is 0 Å². The van der Waals surface area contributed by atoms with Crippen molar-refractivity contribution in [3.8, 4) is 17.0 Å². The Labute approximate surface area is 176 Å². The SMILES string of the molecule is COCOc1n[nH]c(=O)c2c1nc(C)n2Cc1ccc(-c2ccccc2C(=O)O)cc1. The zero-order valence-corrected chi connectivity index (χ0v) is 17.0. The molecule has 0 aliphatic rings. The van der Waals surface area contributed by atoms with Gasteiger partial charge in [-0.3, -0.25) is 4.79 Å². The minimum atomic E-state index is -0.973. The van der Waals surface area contributed by atoms with Gasteiger partial charge >= 0.3 is 5.97 Å². The summed E-state index contributed by atoms with van der Waals surface area (Å²) in [6.45, 7) is 2.19. The predicted octanol–water partition coefficient (Wildman–Crippen LogP) is 2.82. The van der Waals surface area contributed by atoms with Crippen molar-refractivity contribution in [3.05, 3.63) is 75.8 Å². The number of nitrogens with one attached hydrogen (secondary N) is 1. The van der Waals surface area contributed by atoms with Gasteiger partial charge in [-0.15, -0.1) is 5.10 Å². The maximum atomic E-state index is 12.4. The Hall–Kier alpha value is -3.98. The summed E-state index contributed by atoms with van der Waals surface area (Å²) >= 11 is 0.